The van der Waals surface area contributed by atoms with Gasteiger partial charge in [-0.25, -0.2) is 4.39 Å². The quantitative estimate of drug-likeness (QED) is 0.901. The number of rotatable bonds is 4. The van der Waals surface area contributed by atoms with Gasteiger partial charge in [0.2, 0.25) is 5.91 Å². The Kier molecular flexibility index (Phi) is 3.51. The van der Waals surface area contributed by atoms with Gasteiger partial charge in [-0.1, -0.05) is 18.2 Å². The van der Waals surface area contributed by atoms with Gasteiger partial charge in [-0.3, -0.25) is 4.79 Å². The molecule has 1 aromatic rings. The van der Waals surface area contributed by atoms with E-state index in [-0.39, 0.29) is 17.8 Å². The zero-order valence-electron chi connectivity index (χ0n) is 10.9. The van der Waals surface area contributed by atoms with Crippen molar-refractivity contribution in [3.05, 3.63) is 35.6 Å². The third kappa shape index (κ3) is 2.95. The Bertz CT molecular complexity index is 473. The number of carbonyl (C=O) groups excluding carboxylic acids is 1. The molecule has 1 saturated carbocycles. The maximum atomic E-state index is 13.6. The largest absolute Gasteiger partial charge is 0.337 e. The molecule has 1 aliphatic carbocycles. The molecule has 1 amide bonds. The molecule has 1 aliphatic heterocycles. The molecule has 19 heavy (non-hydrogen) atoms. The smallest absolute Gasteiger partial charge is 0.240 e. The fraction of sp³-hybridized carbons (Fsp3) is 0.533. The fourth-order valence-electron chi connectivity index (χ4n) is 2.62. The maximum absolute atomic E-state index is 13.6. The number of piperidine rings is 1. The third-order valence-corrected chi connectivity index (χ3v) is 3.86. The summed E-state index contributed by atoms with van der Waals surface area (Å²) in [6, 6.07) is 7.15. The SMILES string of the molecule is O=C1C(NC2CC2)CCCN1Cc1ccccc1F. The Balaban J connectivity index is 1.66. The maximum Gasteiger partial charge on any atom is 0.240 e. The predicted octanol–water partition coefficient (Wildman–Crippen LogP) is 2.07. The number of benzene rings is 1. The van der Waals surface area contributed by atoms with Gasteiger partial charge in [-0.15, -0.1) is 0 Å². The summed E-state index contributed by atoms with van der Waals surface area (Å²) in [7, 11) is 0. The predicted molar refractivity (Wildman–Crippen MR) is 71.0 cm³/mol. The van der Waals surface area contributed by atoms with Crippen molar-refractivity contribution < 1.29 is 9.18 Å². The van der Waals surface area contributed by atoms with Crippen LogP contribution in [0.3, 0.4) is 0 Å². The zero-order valence-corrected chi connectivity index (χ0v) is 10.9. The highest BCUT2D eigenvalue weighted by Crippen LogP contribution is 2.23. The summed E-state index contributed by atoms with van der Waals surface area (Å²) in [5, 5.41) is 3.39. The lowest BCUT2D eigenvalue weighted by molar-refractivity contribution is -0.136. The number of halogens is 1. The third-order valence-electron chi connectivity index (χ3n) is 3.86. The van der Waals surface area contributed by atoms with Crippen LogP contribution in [0, 0.1) is 5.82 Å². The van der Waals surface area contributed by atoms with Crippen molar-refractivity contribution in [2.24, 2.45) is 0 Å². The van der Waals surface area contributed by atoms with E-state index < -0.39 is 0 Å². The van der Waals surface area contributed by atoms with E-state index in [4.69, 9.17) is 0 Å². The lowest BCUT2D eigenvalue weighted by Crippen LogP contribution is -2.50. The second kappa shape index (κ2) is 5.29. The van der Waals surface area contributed by atoms with Gasteiger partial charge in [0.1, 0.15) is 5.82 Å². The van der Waals surface area contributed by atoms with Crippen LogP contribution in [0.15, 0.2) is 24.3 Å². The van der Waals surface area contributed by atoms with E-state index in [1.54, 1.807) is 17.0 Å². The van der Waals surface area contributed by atoms with Crippen molar-refractivity contribution >= 4 is 5.91 Å². The molecule has 1 aromatic carbocycles. The first-order valence-electron chi connectivity index (χ1n) is 7.02. The number of amides is 1. The average molecular weight is 262 g/mol. The van der Waals surface area contributed by atoms with E-state index in [0.29, 0.717) is 18.2 Å². The molecular weight excluding hydrogens is 243 g/mol. The number of hydrogen-bond donors (Lipinski definition) is 1. The van der Waals surface area contributed by atoms with Gasteiger partial charge >= 0.3 is 0 Å². The molecule has 0 aromatic heterocycles. The first-order valence-corrected chi connectivity index (χ1v) is 7.02. The highest BCUT2D eigenvalue weighted by Gasteiger charge is 2.33. The molecule has 2 fully saturated rings. The normalized spacial score (nSPS) is 23.7. The lowest BCUT2D eigenvalue weighted by atomic mass is 10.0. The fourth-order valence-corrected chi connectivity index (χ4v) is 2.62. The number of nitrogens with one attached hydrogen (secondary N) is 1. The molecule has 102 valence electrons. The number of carbonyl (C=O) groups is 1. The van der Waals surface area contributed by atoms with Crippen LogP contribution >= 0.6 is 0 Å². The molecule has 1 N–H and O–H groups in total. The van der Waals surface area contributed by atoms with Crippen molar-refractivity contribution in [1.29, 1.82) is 0 Å². The van der Waals surface area contributed by atoms with E-state index >= 15 is 0 Å². The summed E-state index contributed by atoms with van der Waals surface area (Å²) < 4.78 is 13.6. The van der Waals surface area contributed by atoms with Gasteiger partial charge < -0.3 is 10.2 Å². The van der Waals surface area contributed by atoms with E-state index in [1.165, 1.54) is 18.9 Å². The number of hydrogen-bond acceptors (Lipinski definition) is 2. The Morgan fingerprint density at radius 3 is 2.79 bits per heavy atom. The molecule has 3 nitrogen and oxygen atoms in total. The molecule has 2 aliphatic rings. The van der Waals surface area contributed by atoms with Crippen LogP contribution < -0.4 is 5.32 Å². The van der Waals surface area contributed by atoms with Gasteiger partial charge in [-0.2, -0.15) is 0 Å². The van der Waals surface area contributed by atoms with Gasteiger partial charge in [-0.05, 0) is 31.7 Å². The monoisotopic (exact) mass is 262 g/mol. The van der Waals surface area contributed by atoms with E-state index in [2.05, 4.69) is 5.32 Å². The lowest BCUT2D eigenvalue weighted by Gasteiger charge is -2.33. The molecule has 3 rings (SSSR count). The topological polar surface area (TPSA) is 32.3 Å². The molecule has 1 unspecified atom stereocenters. The summed E-state index contributed by atoms with van der Waals surface area (Å²) >= 11 is 0. The van der Waals surface area contributed by atoms with E-state index in [9.17, 15) is 9.18 Å². The highest BCUT2D eigenvalue weighted by atomic mass is 19.1. The minimum atomic E-state index is -0.229. The Morgan fingerprint density at radius 2 is 2.05 bits per heavy atom. The summed E-state index contributed by atoms with van der Waals surface area (Å²) in [4.78, 5) is 14.1. The van der Waals surface area contributed by atoms with Crippen LogP contribution in [-0.4, -0.2) is 29.4 Å². The Hall–Kier alpha value is -1.42. The first kappa shape index (κ1) is 12.6. The Morgan fingerprint density at radius 1 is 1.26 bits per heavy atom. The van der Waals surface area contributed by atoms with Crippen LogP contribution in [0.5, 0.6) is 0 Å². The van der Waals surface area contributed by atoms with E-state index in [0.717, 1.165) is 19.4 Å². The van der Waals surface area contributed by atoms with Crippen LogP contribution in [0.2, 0.25) is 0 Å². The van der Waals surface area contributed by atoms with Gasteiger partial charge in [0.15, 0.2) is 0 Å². The zero-order chi connectivity index (χ0) is 13.2. The first-order chi connectivity index (χ1) is 9.24. The van der Waals surface area contributed by atoms with E-state index in [1.807, 2.05) is 6.07 Å². The van der Waals surface area contributed by atoms with Gasteiger partial charge in [0.05, 0.1) is 6.04 Å². The van der Waals surface area contributed by atoms with Crippen molar-refractivity contribution in [2.75, 3.05) is 6.54 Å². The number of likely N-dealkylation sites (tertiary alicyclic amines) is 1. The summed E-state index contributed by atoms with van der Waals surface area (Å²) in [5.41, 5.74) is 0.600. The molecule has 0 radical (unpaired) electrons. The minimum Gasteiger partial charge on any atom is -0.337 e. The minimum absolute atomic E-state index is 0.0620. The summed E-state index contributed by atoms with van der Waals surface area (Å²) in [5.74, 6) is -0.103. The summed E-state index contributed by atoms with van der Waals surface area (Å²) in [6.45, 7) is 1.12. The van der Waals surface area contributed by atoms with Crippen molar-refractivity contribution in [2.45, 2.75) is 44.3 Å². The second-order valence-corrected chi connectivity index (χ2v) is 5.49. The van der Waals surface area contributed by atoms with Crippen LogP contribution in [0.4, 0.5) is 4.39 Å². The Labute approximate surface area is 112 Å². The average Bonchev–Trinajstić information content (AvgIpc) is 3.21. The standard InChI is InChI=1S/C15H19FN2O/c16-13-5-2-1-4-11(13)10-18-9-3-6-14(15(18)19)17-12-7-8-12/h1-2,4-5,12,14,17H,3,6-10H2. The van der Waals surface area contributed by atoms with Crippen molar-refractivity contribution in [3.8, 4) is 0 Å². The molecular formula is C15H19FN2O. The van der Waals surface area contributed by atoms with Crippen molar-refractivity contribution in [3.63, 3.8) is 0 Å². The van der Waals surface area contributed by atoms with Crippen LogP contribution in [0.25, 0.3) is 0 Å². The number of nitrogens with zero attached hydrogens (tertiary/aromatic N) is 1. The molecule has 1 saturated heterocycles. The molecule has 4 heteroatoms. The van der Waals surface area contributed by atoms with Gasteiger partial charge in [0.25, 0.3) is 0 Å². The van der Waals surface area contributed by atoms with Gasteiger partial charge in [0, 0.05) is 24.7 Å². The molecule has 0 spiro atoms. The summed E-state index contributed by atoms with van der Waals surface area (Å²) in [6.07, 6.45) is 4.25. The van der Waals surface area contributed by atoms with Crippen molar-refractivity contribution in [1.82, 2.24) is 10.2 Å². The second-order valence-electron chi connectivity index (χ2n) is 5.49. The van der Waals surface area contributed by atoms with Crippen LogP contribution in [-0.2, 0) is 11.3 Å². The highest BCUT2D eigenvalue weighted by molar-refractivity contribution is 5.82. The van der Waals surface area contributed by atoms with Crippen LogP contribution in [0.1, 0.15) is 31.2 Å². The molecule has 1 heterocycles. The molecule has 1 atom stereocenters. The molecule has 0 bridgehead atoms.